The van der Waals surface area contributed by atoms with Crippen molar-refractivity contribution in [3.63, 3.8) is 0 Å². The van der Waals surface area contributed by atoms with Gasteiger partial charge in [0.05, 0.1) is 0 Å². The Hall–Kier alpha value is -1.12. The molecule has 4 nitrogen and oxygen atoms in total. The monoisotopic (exact) mass is 273 g/mol. The fourth-order valence-corrected chi connectivity index (χ4v) is 2.42. The van der Waals surface area contributed by atoms with E-state index in [0.29, 0.717) is 11.1 Å². The molecule has 94 valence electrons. The summed E-state index contributed by atoms with van der Waals surface area (Å²) in [6.45, 7) is 2.09. The van der Waals surface area contributed by atoms with Crippen LogP contribution in [0.5, 0.6) is 0 Å². The molecule has 0 spiro atoms. The molecule has 17 heavy (non-hydrogen) atoms. The second-order valence-electron chi connectivity index (χ2n) is 3.67. The van der Waals surface area contributed by atoms with Crippen LogP contribution in [0.15, 0.2) is 18.3 Å². The van der Waals surface area contributed by atoms with E-state index in [1.807, 2.05) is 6.07 Å². The lowest BCUT2D eigenvalue weighted by Crippen LogP contribution is -2.09. The van der Waals surface area contributed by atoms with Crippen molar-refractivity contribution in [2.75, 3.05) is 12.0 Å². The Morgan fingerprint density at radius 1 is 1.65 bits per heavy atom. The van der Waals surface area contributed by atoms with Gasteiger partial charge >= 0.3 is 0 Å². The van der Waals surface area contributed by atoms with Crippen molar-refractivity contribution in [2.24, 2.45) is 11.7 Å². The molecule has 0 fully saturated rings. The first-order chi connectivity index (χ1) is 7.99. The van der Waals surface area contributed by atoms with Crippen LogP contribution < -0.4 is 5.73 Å². The summed E-state index contributed by atoms with van der Waals surface area (Å²) in [6, 6.07) is 3.75. The third kappa shape index (κ3) is 8.66. The van der Waals surface area contributed by atoms with Gasteiger partial charge in [0.15, 0.2) is 6.19 Å². The second kappa shape index (κ2) is 8.97. The molecule has 0 saturated carbocycles. The van der Waals surface area contributed by atoms with E-state index in [4.69, 9.17) is 16.9 Å². The molecule has 1 aromatic heterocycles. The highest BCUT2D eigenvalue weighted by atomic mass is 35.5. The van der Waals surface area contributed by atoms with E-state index in [1.54, 1.807) is 18.5 Å². The summed E-state index contributed by atoms with van der Waals surface area (Å²) in [7, 11) is -0.720. The van der Waals surface area contributed by atoms with Gasteiger partial charge < -0.3 is 5.73 Å². The highest BCUT2D eigenvalue weighted by Crippen LogP contribution is 2.11. The molecule has 0 radical (unpaired) electrons. The van der Waals surface area contributed by atoms with Gasteiger partial charge in [-0.25, -0.2) is 4.98 Å². The van der Waals surface area contributed by atoms with E-state index in [9.17, 15) is 4.21 Å². The highest BCUT2D eigenvalue weighted by molar-refractivity contribution is 7.84. The van der Waals surface area contributed by atoms with Gasteiger partial charge in [-0.15, -0.1) is 0 Å². The van der Waals surface area contributed by atoms with E-state index < -0.39 is 10.8 Å². The van der Waals surface area contributed by atoms with E-state index in [1.165, 1.54) is 6.19 Å². The molecule has 1 heterocycles. The first-order valence-electron chi connectivity index (χ1n) is 4.99. The molecule has 1 rings (SSSR count). The predicted octanol–water partition coefficient (Wildman–Crippen LogP) is 1.72. The smallest absolute Gasteiger partial charge is 0.173 e. The van der Waals surface area contributed by atoms with Crippen molar-refractivity contribution in [1.29, 1.82) is 5.26 Å². The first-order valence-corrected chi connectivity index (χ1v) is 7.10. The average Bonchev–Trinajstić information content (AvgIpc) is 2.21. The van der Waals surface area contributed by atoms with Crippen LogP contribution in [0.1, 0.15) is 12.5 Å². The van der Waals surface area contributed by atoms with Gasteiger partial charge in [-0.05, 0) is 24.0 Å². The normalized spacial score (nSPS) is 12.8. The maximum Gasteiger partial charge on any atom is 0.173 e. The van der Waals surface area contributed by atoms with E-state index in [0.717, 1.165) is 17.7 Å². The van der Waals surface area contributed by atoms with Crippen LogP contribution in [0.3, 0.4) is 0 Å². The zero-order valence-corrected chi connectivity index (χ0v) is 11.5. The lowest BCUT2D eigenvalue weighted by molar-refractivity contribution is 0.632. The van der Waals surface area contributed by atoms with Crippen LogP contribution in [-0.2, 0) is 17.2 Å². The largest absolute Gasteiger partial charge is 0.337 e. The average molecular weight is 274 g/mol. The Labute approximate surface area is 109 Å². The summed E-state index contributed by atoms with van der Waals surface area (Å²) < 4.78 is 11.0. The van der Waals surface area contributed by atoms with Crippen LogP contribution >= 0.6 is 11.6 Å². The van der Waals surface area contributed by atoms with E-state index in [2.05, 4.69) is 17.6 Å². The van der Waals surface area contributed by atoms with Crippen molar-refractivity contribution in [1.82, 2.24) is 4.98 Å². The van der Waals surface area contributed by atoms with Crippen LogP contribution in [0.4, 0.5) is 0 Å². The molecule has 2 atom stereocenters. The summed E-state index contributed by atoms with van der Waals surface area (Å²) in [5.41, 5.74) is 5.30. The maximum atomic E-state index is 11.0. The molecule has 0 bridgehead atoms. The molecule has 2 N–H and O–H groups in total. The number of pyridine rings is 1. The molecule has 2 unspecified atom stereocenters. The van der Waals surface area contributed by atoms with Gasteiger partial charge in [0.25, 0.3) is 0 Å². The van der Waals surface area contributed by atoms with Gasteiger partial charge in [-0.2, -0.15) is 5.26 Å². The summed E-state index contributed by atoms with van der Waals surface area (Å²) in [4.78, 5) is 4.00. The van der Waals surface area contributed by atoms with Crippen molar-refractivity contribution in [3.05, 3.63) is 29.0 Å². The van der Waals surface area contributed by atoms with Gasteiger partial charge in [0.2, 0.25) is 0 Å². The van der Waals surface area contributed by atoms with Crippen LogP contribution in [0.2, 0.25) is 5.15 Å². The molecule has 0 amide bonds. The molecule has 1 aromatic rings. The van der Waals surface area contributed by atoms with Crippen molar-refractivity contribution < 1.29 is 4.21 Å². The summed E-state index contributed by atoms with van der Waals surface area (Å²) in [5.74, 6) is 1.16. The molecule has 0 aliphatic rings. The minimum atomic E-state index is -0.720. The second-order valence-corrected chi connectivity index (χ2v) is 5.53. The molecule has 0 aromatic carbocycles. The molecular weight excluding hydrogens is 258 g/mol. The number of aromatic nitrogens is 1. The number of rotatable bonds is 4. The van der Waals surface area contributed by atoms with E-state index in [-0.39, 0.29) is 0 Å². The predicted molar refractivity (Wildman–Crippen MR) is 70.8 cm³/mol. The Kier molecular flexibility index (Phi) is 8.38. The number of hydrogen-bond donors (Lipinski definition) is 1. The Balaban J connectivity index is 0.000000770. The topological polar surface area (TPSA) is 79.8 Å². The lowest BCUT2D eigenvalue weighted by atomic mass is 10.1. The zero-order valence-electron chi connectivity index (χ0n) is 9.89. The quantitative estimate of drug-likeness (QED) is 0.515. The molecule has 0 aliphatic carbocycles. The number of halogens is 1. The van der Waals surface area contributed by atoms with Crippen molar-refractivity contribution >= 4 is 22.4 Å². The zero-order chi connectivity index (χ0) is 13.3. The van der Waals surface area contributed by atoms with E-state index >= 15 is 0 Å². The van der Waals surface area contributed by atoms with Crippen molar-refractivity contribution in [3.8, 4) is 6.19 Å². The summed E-state index contributed by atoms with van der Waals surface area (Å²) in [6.07, 6.45) is 5.66. The molecular formula is C11H16ClN3OS. The van der Waals surface area contributed by atoms with Gasteiger partial charge in [0, 0.05) is 29.0 Å². The van der Waals surface area contributed by atoms with Crippen molar-refractivity contribution in [2.45, 2.75) is 13.3 Å². The van der Waals surface area contributed by atoms with Crippen LogP contribution in [0.25, 0.3) is 0 Å². The fraction of sp³-hybridized carbons (Fsp3) is 0.455. The third-order valence-corrected chi connectivity index (χ3v) is 3.15. The summed E-state index contributed by atoms with van der Waals surface area (Å²) in [5, 5.41) is 7.61. The standard InChI is InChI=1S/C10H14ClNOS.CH2N2/c1-8(7-14(2)13)5-9-3-4-10(11)12-6-9;2-1-3/h3-4,6,8H,5,7H2,1-2H3;2H2. The number of nitrogens with zero attached hydrogens (tertiary/aromatic N) is 2. The Morgan fingerprint density at radius 3 is 2.65 bits per heavy atom. The SMILES string of the molecule is CC(Cc1ccc(Cl)nc1)CS(C)=O.N#CN. The minimum Gasteiger partial charge on any atom is -0.337 e. The Morgan fingerprint density at radius 2 is 2.24 bits per heavy atom. The lowest BCUT2D eigenvalue weighted by Gasteiger charge is -2.08. The first kappa shape index (κ1) is 15.9. The number of hydrogen-bond acceptors (Lipinski definition) is 4. The molecule has 0 aliphatic heterocycles. The van der Waals surface area contributed by atoms with Crippen LogP contribution in [-0.4, -0.2) is 21.2 Å². The maximum absolute atomic E-state index is 11.0. The summed E-state index contributed by atoms with van der Waals surface area (Å²) >= 11 is 5.67. The third-order valence-electron chi connectivity index (χ3n) is 1.89. The fourth-order valence-electron chi connectivity index (χ4n) is 1.39. The van der Waals surface area contributed by atoms with Crippen LogP contribution in [0, 0.1) is 17.4 Å². The molecule has 6 heteroatoms. The number of nitrogens with two attached hydrogens (primary N) is 1. The van der Waals surface area contributed by atoms with Gasteiger partial charge in [-0.1, -0.05) is 24.6 Å². The Bertz CT molecular complexity index is 389. The van der Waals surface area contributed by atoms with Gasteiger partial charge in [0.1, 0.15) is 5.15 Å². The van der Waals surface area contributed by atoms with Gasteiger partial charge in [-0.3, -0.25) is 4.21 Å². The highest BCUT2D eigenvalue weighted by Gasteiger charge is 2.05. The number of nitriles is 1. The minimum absolute atomic E-state index is 0.420. The molecule has 0 saturated heterocycles.